The third-order valence-corrected chi connectivity index (χ3v) is 11.1. The van der Waals surface area contributed by atoms with Gasteiger partial charge in [0.1, 0.15) is 22.0 Å². The Bertz CT molecular complexity index is 1550. The topological polar surface area (TPSA) is 116 Å². The van der Waals surface area contributed by atoms with Crippen LogP contribution >= 0.6 is 23.1 Å². The van der Waals surface area contributed by atoms with Crippen LogP contribution in [-0.2, 0) is 31.5 Å². The second kappa shape index (κ2) is 11.7. The molecule has 0 amide bonds. The van der Waals surface area contributed by atoms with Crippen molar-refractivity contribution in [2.24, 2.45) is 5.92 Å². The van der Waals surface area contributed by atoms with E-state index in [1.165, 1.54) is 6.07 Å². The van der Waals surface area contributed by atoms with Crippen molar-refractivity contribution in [3.63, 3.8) is 0 Å². The maximum atomic E-state index is 13.4. The summed E-state index contributed by atoms with van der Waals surface area (Å²) < 4.78 is 37.4. The number of ether oxygens (including phenoxy) is 1. The van der Waals surface area contributed by atoms with Gasteiger partial charge >= 0.3 is 16.1 Å². The number of cyclic esters (lactones) is 1. The number of esters is 1. The summed E-state index contributed by atoms with van der Waals surface area (Å²) in [6.45, 7) is 11.7. The van der Waals surface area contributed by atoms with Gasteiger partial charge in [-0.05, 0) is 83.5 Å². The predicted octanol–water partition coefficient (Wildman–Crippen LogP) is 7.54. The summed E-state index contributed by atoms with van der Waals surface area (Å²) in [5.41, 5.74) is 7.68. The Labute approximate surface area is 250 Å². The normalized spacial score (nSPS) is 18.1. The minimum absolute atomic E-state index is 0.00429. The maximum Gasteiger partial charge on any atom is 0.349 e. The minimum Gasteiger partial charge on any atom is -0.511 e. The number of carbonyl (C=O) groups is 1. The molecule has 0 saturated carbocycles. The molecule has 7 nitrogen and oxygen atoms in total. The number of hydrogen-bond acceptors (Lipinski definition) is 9. The van der Waals surface area contributed by atoms with Gasteiger partial charge in [-0.2, -0.15) is 8.42 Å². The molecule has 41 heavy (non-hydrogen) atoms. The number of nitrogens with two attached hydrogens (primary N) is 1. The first kappa shape index (κ1) is 31.0. The van der Waals surface area contributed by atoms with Crippen molar-refractivity contribution in [3.8, 4) is 5.75 Å². The number of aryl methyl sites for hydroxylation is 2. The number of hydrogen-bond donors (Lipinski definition) is 2. The van der Waals surface area contributed by atoms with Gasteiger partial charge in [0.15, 0.2) is 4.21 Å². The van der Waals surface area contributed by atoms with Gasteiger partial charge in [-0.25, -0.2) is 4.79 Å². The number of rotatable bonds is 9. The largest absolute Gasteiger partial charge is 0.511 e. The van der Waals surface area contributed by atoms with Crippen LogP contribution in [0.2, 0.25) is 0 Å². The zero-order valence-electron chi connectivity index (χ0n) is 24.2. The van der Waals surface area contributed by atoms with E-state index in [0.717, 1.165) is 34.2 Å². The van der Waals surface area contributed by atoms with Crippen molar-refractivity contribution in [2.75, 3.05) is 5.73 Å². The Kier molecular flexibility index (Phi) is 8.87. The monoisotopic (exact) mass is 615 g/mol. The summed E-state index contributed by atoms with van der Waals surface area (Å²) >= 11 is 2.23. The Morgan fingerprint density at radius 2 is 1.85 bits per heavy atom. The number of thioether (sulfide) groups is 1. The molecule has 3 aromatic rings. The van der Waals surface area contributed by atoms with E-state index in [1.54, 1.807) is 30.5 Å². The quantitative estimate of drug-likeness (QED) is 0.144. The van der Waals surface area contributed by atoms with Gasteiger partial charge in [0.05, 0.1) is 0 Å². The van der Waals surface area contributed by atoms with Crippen molar-refractivity contribution in [1.82, 2.24) is 0 Å². The fraction of sp³-hybridized carbons (Fsp3) is 0.387. The first-order chi connectivity index (χ1) is 19.1. The van der Waals surface area contributed by atoms with Crippen LogP contribution < -0.4 is 9.92 Å². The molecule has 2 heterocycles. The lowest BCUT2D eigenvalue weighted by Gasteiger charge is -2.40. The molecule has 2 aromatic carbocycles. The average Bonchev–Trinajstić information content (AvgIpc) is 3.43. The third kappa shape index (κ3) is 6.93. The third-order valence-electron chi connectivity index (χ3n) is 7.32. The van der Waals surface area contributed by atoms with Crippen LogP contribution in [0.5, 0.6) is 5.75 Å². The lowest BCUT2D eigenvalue weighted by molar-refractivity contribution is -0.164. The van der Waals surface area contributed by atoms with Crippen LogP contribution in [0.15, 0.2) is 73.7 Å². The van der Waals surface area contributed by atoms with Crippen molar-refractivity contribution in [1.29, 1.82) is 0 Å². The number of anilines is 1. The number of thiophene rings is 1. The van der Waals surface area contributed by atoms with Gasteiger partial charge in [-0.1, -0.05) is 64.6 Å². The summed E-state index contributed by atoms with van der Waals surface area (Å²) in [6, 6.07) is 14.3. The smallest absolute Gasteiger partial charge is 0.349 e. The summed E-state index contributed by atoms with van der Waals surface area (Å²) in [4.78, 5) is 14.3. The molecule has 220 valence electrons. The zero-order chi connectivity index (χ0) is 30.2. The van der Waals surface area contributed by atoms with Gasteiger partial charge in [0, 0.05) is 17.0 Å². The molecule has 0 aliphatic carbocycles. The minimum atomic E-state index is -3.98. The van der Waals surface area contributed by atoms with Crippen LogP contribution in [-0.4, -0.2) is 25.1 Å². The molecule has 0 saturated heterocycles. The van der Waals surface area contributed by atoms with E-state index >= 15 is 0 Å². The zero-order valence-corrected chi connectivity index (χ0v) is 26.6. The molecular weight excluding hydrogens is 579 g/mol. The lowest BCUT2D eigenvalue weighted by atomic mass is 9.80. The Balaban J connectivity index is 1.63. The van der Waals surface area contributed by atoms with Crippen LogP contribution in [0.25, 0.3) is 0 Å². The lowest BCUT2D eigenvalue weighted by Crippen LogP contribution is -2.44. The molecule has 1 unspecified atom stereocenters. The molecule has 0 fully saturated rings. The standard InChI is InChI=1S/C31H37NO6S3/c1-19(2)31(14-13-21-9-11-22(32)12-10-21)18-24(33)28(29(34)37-31)40-26-16-20(3)25(17-23(26)30(4,5)6)38-41(35,36)27-8-7-15-39-27/h7-12,15-17,19,33H,13-14,18,32H2,1-6H3. The molecule has 1 aliphatic heterocycles. The van der Waals surface area contributed by atoms with E-state index in [2.05, 4.69) is 0 Å². The van der Waals surface area contributed by atoms with Crippen LogP contribution in [0.4, 0.5) is 5.69 Å². The molecule has 4 rings (SSSR count). The molecule has 3 N–H and O–H groups in total. The first-order valence-corrected chi connectivity index (χ1v) is 16.5. The molecule has 0 radical (unpaired) electrons. The number of carbonyl (C=O) groups excluding carboxylic acids is 1. The Morgan fingerprint density at radius 3 is 2.41 bits per heavy atom. The Morgan fingerprint density at radius 1 is 1.17 bits per heavy atom. The van der Waals surface area contributed by atoms with E-state index in [1.807, 2.05) is 58.9 Å². The van der Waals surface area contributed by atoms with Gasteiger partial charge in [-0.15, -0.1) is 11.3 Å². The molecule has 1 aromatic heterocycles. The van der Waals surface area contributed by atoms with E-state index in [4.69, 9.17) is 14.7 Å². The summed E-state index contributed by atoms with van der Waals surface area (Å²) in [6.07, 6.45) is 1.43. The van der Waals surface area contributed by atoms with Crippen molar-refractivity contribution in [3.05, 3.63) is 81.3 Å². The fourth-order valence-electron chi connectivity index (χ4n) is 4.74. The number of nitrogen functional groups attached to an aromatic ring is 1. The number of aliphatic hydroxyl groups excluding tert-OH is 1. The van der Waals surface area contributed by atoms with Gasteiger partial charge in [-0.3, -0.25) is 0 Å². The van der Waals surface area contributed by atoms with Crippen molar-refractivity contribution in [2.45, 2.75) is 80.9 Å². The molecule has 0 spiro atoms. The van der Waals surface area contributed by atoms with Crippen LogP contribution in [0, 0.1) is 12.8 Å². The maximum absolute atomic E-state index is 13.4. The summed E-state index contributed by atoms with van der Waals surface area (Å²) in [5, 5.41) is 12.9. The van der Waals surface area contributed by atoms with Crippen molar-refractivity contribution < 1.29 is 27.2 Å². The molecular formula is C31H37NO6S3. The highest BCUT2D eigenvalue weighted by Gasteiger charge is 2.44. The van der Waals surface area contributed by atoms with Crippen LogP contribution in [0.3, 0.4) is 0 Å². The highest BCUT2D eigenvalue weighted by Crippen LogP contribution is 2.46. The number of aliphatic hydroxyl groups is 1. The van der Waals surface area contributed by atoms with Gasteiger partial charge < -0.3 is 19.8 Å². The second-order valence-electron chi connectivity index (χ2n) is 11.7. The molecule has 10 heteroatoms. The SMILES string of the molecule is Cc1cc(SC2=C(O)CC(CCc3ccc(N)cc3)(C(C)C)OC2=O)c(C(C)(C)C)cc1OS(=O)(=O)c1cccs1. The highest BCUT2D eigenvalue weighted by atomic mass is 32.3. The predicted molar refractivity (Wildman–Crippen MR) is 165 cm³/mol. The molecule has 0 bridgehead atoms. The number of benzene rings is 2. The van der Waals surface area contributed by atoms with E-state index in [9.17, 15) is 18.3 Å². The summed E-state index contributed by atoms with van der Waals surface area (Å²) in [5.74, 6) is -0.375. The van der Waals surface area contributed by atoms with Gasteiger partial charge in [0.2, 0.25) is 0 Å². The van der Waals surface area contributed by atoms with Crippen molar-refractivity contribution >= 4 is 44.9 Å². The van der Waals surface area contributed by atoms with E-state index in [0.29, 0.717) is 29.0 Å². The molecule has 1 aliphatic rings. The average molecular weight is 616 g/mol. The Hall–Kier alpha value is -2.95. The molecule has 1 atom stereocenters. The fourth-order valence-corrected chi connectivity index (χ4v) is 7.91. The van der Waals surface area contributed by atoms with Gasteiger partial charge in [0.25, 0.3) is 0 Å². The van der Waals surface area contributed by atoms with E-state index in [-0.39, 0.29) is 33.0 Å². The van der Waals surface area contributed by atoms with E-state index < -0.39 is 27.1 Å². The first-order valence-electron chi connectivity index (χ1n) is 13.4. The highest BCUT2D eigenvalue weighted by molar-refractivity contribution is 8.04. The van der Waals surface area contributed by atoms with Crippen LogP contribution in [0.1, 0.15) is 64.2 Å². The summed E-state index contributed by atoms with van der Waals surface area (Å²) in [7, 11) is -3.98. The second-order valence-corrected chi connectivity index (χ2v) is 15.5.